The topological polar surface area (TPSA) is 50.3 Å². The van der Waals surface area contributed by atoms with Gasteiger partial charge >= 0.3 is 0 Å². The van der Waals surface area contributed by atoms with Crippen LogP contribution in [0.1, 0.15) is 25.7 Å². The van der Waals surface area contributed by atoms with Crippen LogP contribution in [0.3, 0.4) is 0 Å². The van der Waals surface area contributed by atoms with Crippen LogP contribution in [0.15, 0.2) is 23.2 Å². The average molecular weight is 303 g/mol. The molecule has 1 fully saturated rings. The number of pyridine rings is 1. The average Bonchev–Trinajstić information content (AvgIpc) is 2.39. The van der Waals surface area contributed by atoms with E-state index in [4.69, 9.17) is 11.6 Å². The molecule has 0 saturated carbocycles. The monoisotopic (exact) mass is 302 g/mol. The molecule has 0 radical (unpaired) electrons. The van der Waals surface area contributed by atoms with Crippen LogP contribution >= 0.6 is 11.6 Å². The molecule has 1 saturated heterocycles. The highest BCUT2D eigenvalue weighted by atomic mass is 35.5. The molecule has 0 spiro atoms. The first-order valence-corrected chi connectivity index (χ1v) is 8.94. The minimum Gasteiger partial charge on any atom is -0.353 e. The van der Waals surface area contributed by atoms with Crippen molar-refractivity contribution in [2.75, 3.05) is 23.6 Å². The highest BCUT2D eigenvalue weighted by molar-refractivity contribution is 7.90. The van der Waals surface area contributed by atoms with Crippen LogP contribution in [0.25, 0.3) is 0 Å². The quantitative estimate of drug-likeness (QED) is 0.802. The number of piperidine rings is 1. The fraction of sp³-hybridized carbons (Fsp3) is 0.615. The number of aromatic nitrogens is 1. The minimum atomic E-state index is -3.26. The van der Waals surface area contributed by atoms with Gasteiger partial charge < -0.3 is 4.90 Å². The van der Waals surface area contributed by atoms with Crippen molar-refractivity contribution in [1.82, 2.24) is 4.98 Å². The molecule has 1 aromatic rings. The van der Waals surface area contributed by atoms with Gasteiger partial charge in [0.05, 0.1) is 0 Å². The second-order valence-corrected chi connectivity index (χ2v) is 7.28. The van der Waals surface area contributed by atoms with Crippen LogP contribution in [0, 0.1) is 0 Å². The van der Waals surface area contributed by atoms with Crippen molar-refractivity contribution in [1.29, 1.82) is 0 Å². The summed E-state index contributed by atoms with van der Waals surface area (Å²) in [5, 5.41) is 0. The second-order valence-electron chi connectivity index (χ2n) is 4.92. The Hall–Kier alpha value is -0.810. The third-order valence-corrected chi connectivity index (χ3v) is 4.83. The highest BCUT2D eigenvalue weighted by Crippen LogP contribution is 2.30. The maximum absolute atomic E-state index is 11.9. The summed E-state index contributed by atoms with van der Waals surface area (Å²) in [4.78, 5) is 6.73. The predicted octanol–water partition coefficient (Wildman–Crippen LogP) is 2.47. The lowest BCUT2D eigenvalue weighted by Gasteiger charge is -2.37. The minimum absolute atomic E-state index is 0.293. The molecule has 0 bridgehead atoms. The van der Waals surface area contributed by atoms with Gasteiger partial charge in [-0.25, -0.2) is 13.4 Å². The lowest BCUT2D eigenvalue weighted by Crippen LogP contribution is -2.41. The van der Waals surface area contributed by atoms with Crippen molar-refractivity contribution >= 4 is 27.3 Å². The second kappa shape index (κ2) is 6.09. The van der Waals surface area contributed by atoms with Gasteiger partial charge in [-0.2, -0.15) is 0 Å². The Morgan fingerprint density at radius 3 is 2.95 bits per heavy atom. The summed E-state index contributed by atoms with van der Waals surface area (Å²) in [6.45, 7) is 0.848. The third-order valence-electron chi connectivity index (χ3n) is 3.49. The van der Waals surface area contributed by atoms with E-state index >= 15 is 0 Å². The van der Waals surface area contributed by atoms with Gasteiger partial charge in [0.2, 0.25) is 0 Å². The van der Waals surface area contributed by atoms with Crippen molar-refractivity contribution in [3.05, 3.63) is 18.3 Å². The van der Waals surface area contributed by atoms with Gasteiger partial charge in [0, 0.05) is 30.9 Å². The van der Waals surface area contributed by atoms with Crippen LogP contribution in [-0.2, 0) is 9.84 Å². The number of rotatable bonds is 4. The highest BCUT2D eigenvalue weighted by Gasteiger charge is 2.27. The maximum Gasteiger partial charge on any atom is 0.179 e. The first-order valence-electron chi connectivity index (χ1n) is 6.51. The van der Waals surface area contributed by atoms with Gasteiger partial charge in [0.25, 0.3) is 0 Å². The molecule has 0 N–H and O–H groups in total. The molecule has 19 heavy (non-hydrogen) atoms. The van der Waals surface area contributed by atoms with E-state index in [0.717, 1.165) is 25.8 Å². The van der Waals surface area contributed by atoms with E-state index < -0.39 is 9.84 Å². The molecule has 2 heterocycles. The molecule has 1 aromatic heterocycles. The zero-order valence-electron chi connectivity index (χ0n) is 11.0. The first kappa shape index (κ1) is 14.6. The summed E-state index contributed by atoms with van der Waals surface area (Å²) in [5.74, 6) is 1.17. The van der Waals surface area contributed by atoms with Crippen molar-refractivity contribution in [2.24, 2.45) is 0 Å². The van der Waals surface area contributed by atoms with Gasteiger partial charge in [-0.05, 0) is 37.8 Å². The number of anilines is 1. The molecule has 106 valence electrons. The van der Waals surface area contributed by atoms with Crippen molar-refractivity contribution < 1.29 is 8.42 Å². The fourth-order valence-corrected chi connectivity index (χ4v) is 3.67. The summed E-state index contributed by atoms with van der Waals surface area (Å²) in [6, 6.07) is 3.59. The lowest BCUT2D eigenvalue weighted by atomic mass is 10.00. The van der Waals surface area contributed by atoms with E-state index in [1.165, 1.54) is 12.7 Å². The zero-order chi connectivity index (χ0) is 13.9. The SMILES string of the molecule is CS(=O)(=O)c1cccnc1N1CCCCC1CCCl. The Labute approximate surface area is 119 Å². The molecule has 0 aliphatic carbocycles. The summed E-state index contributed by atoms with van der Waals surface area (Å²) in [6.07, 6.45) is 7.02. The van der Waals surface area contributed by atoms with Gasteiger partial charge in [0.1, 0.15) is 10.7 Å². The number of nitrogens with zero attached hydrogens (tertiary/aromatic N) is 2. The van der Waals surface area contributed by atoms with E-state index in [1.807, 2.05) is 0 Å². The Morgan fingerprint density at radius 1 is 1.47 bits per heavy atom. The van der Waals surface area contributed by atoms with E-state index in [9.17, 15) is 8.42 Å². The molecule has 2 rings (SSSR count). The van der Waals surface area contributed by atoms with Crippen LogP contribution in [0.4, 0.5) is 5.82 Å². The molecule has 1 atom stereocenters. The normalized spacial score (nSPS) is 20.5. The van der Waals surface area contributed by atoms with Crippen LogP contribution < -0.4 is 4.90 Å². The standard InChI is InChI=1S/C13H19ClN2O2S/c1-19(17,18)12-6-4-9-15-13(12)16-10-3-2-5-11(16)7-8-14/h4,6,9,11H,2-3,5,7-8,10H2,1H3. The van der Waals surface area contributed by atoms with Gasteiger partial charge in [-0.15, -0.1) is 11.6 Å². The third kappa shape index (κ3) is 3.39. The maximum atomic E-state index is 11.9. The predicted molar refractivity (Wildman–Crippen MR) is 77.7 cm³/mol. The Balaban J connectivity index is 2.39. The van der Waals surface area contributed by atoms with E-state index in [0.29, 0.717) is 22.6 Å². The van der Waals surface area contributed by atoms with Crippen molar-refractivity contribution in [2.45, 2.75) is 36.6 Å². The number of sulfone groups is 1. The molecule has 1 aliphatic rings. The summed E-state index contributed by atoms with van der Waals surface area (Å²) < 4.78 is 23.7. The van der Waals surface area contributed by atoms with E-state index in [2.05, 4.69) is 9.88 Å². The largest absolute Gasteiger partial charge is 0.353 e. The van der Waals surface area contributed by atoms with Crippen LogP contribution in [-0.4, -0.2) is 38.1 Å². The van der Waals surface area contributed by atoms with E-state index in [-0.39, 0.29) is 0 Å². The zero-order valence-corrected chi connectivity index (χ0v) is 12.6. The fourth-order valence-electron chi connectivity index (χ4n) is 2.59. The molecule has 4 nitrogen and oxygen atoms in total. The molecule has 0 aromatic carbocycles. The molecule has 1 unspecified atom stereocenters. The molecular weight excluding hydrogens is 284 g/mol. The molecule has 0 amide bonds. The van der Waals surface area contributed by atoms with Gasteiger partial charge in [0.15, 0.2) is 9.84 Å². The summed E-state index contributed by atoms with van der Waals surface area (Å²) in [5.41, 5.74) is 0. The van der Waals surface area contributed by atoms with E-state index in [1.54, 1.807) is 18.3 Å². The Kier molecular flexibility index (Phi) is 4.68. The number of alkyl halides is 1. The molecular formula is C13H19ClN2O2S. The Bertz CT molecular complexity index is 531. The first-order chi connectivity index (χ1) is 9.04. The van der Waals surface area contributed by atoms with Gasteiger partial charge in [-0.3, -0.25) is 0 Å². The summed E-state index contributed by atoms with van der Waals surface area (Å²) in [7, 11) is -3.26. The lowest BCUT2D eigenvalue weighted by molar-refractivity contribution is 0.445. The molecule has 1 aliphatic heterocycles. The van der Waals surface area contributed by atoms with Crippen molar-refractivity contribution in [3.63, 3.8) is 0 Å². The van der Waals surface area contributed by atoms with Crippen molar-refractivity contribution in [3.8, 4) is 0 Å². The van der Waals surface area contributed by atoms with Gasteiger partial charge in [-0.1, -0.05) is 0 Å². The van der Waals surface area contributed by atoms with Crippen LogP contribution in [0.5, 0.6) is 0 Å². The summed E-state index contributed by atoms with van der Waals surface area (Å²) >= 11 is 5.85. The number of halogens is 1. The molecule has 6 heteroatoms. The number of hydrogen-bond donors (Lipinski definition) is 0. The van der Waals surface area contributed by atoms with Crippen LogP contribution in [0.2, 0.25) is 0 Å². The number of hydrogen-bond acceptors (Lipinski definition) is 4. The Morgan fingerprint density at radius 2 is 2.26 bits per heavy atom. The smallest absolute Gasteiger partial charge is 0.179 e.